The summed E-state index contributed by atoms with van der Waals surface area (Å²) in [5.41, 5.74) is 4.82. The largest absolute Gasteiger partial charge is 0.494 e. The SMILES string of the molecule is CCOc1ccc2c(c1)c(C)c(C(=O)NC(c1ccccc1)c1ccccc1)n2CC. The zero-order valence-electron chi connectivity index (χ0n) is 18.3. The molecule has 4 heteroatoms. The van der Waals surface area contributed by atoms with Gasteiger partial charge in [-0.3, -0.25) is 4.79 Å². The predicted molar refractivity (Wildman–Crippen MR) is 126 cm³/mol. The third-order valence-electron chi connectivity index (χ3n) is 5.67. The molecule has 0 saturated carbocycles. The van der Waals surface area contributed by atoms with Gasteiger partial charge in [-0.05, 0) is 55.7 Å². The molecule has 1 N–H and O–H groups in total. The number of hydrogen-bond donors (Lipinski definition) is 1. The monoisotopic (exact) mass is 412 g/mol. The highest BCUT2D eigenvalue weighted by Crippen LogP contribution is 2.30. The van der Waals surface area contributed by atoms with Gasteiger partial charge in [-0.25, -0.2) is 0 Å². The van der Waals surface area contributed by atoms with Crippen LogP contribution in [0.3, 0.4) is 0 Å². The smallest absolute Gasteiger partial charge is 0.268 e. The molecule has 0 bridgehead atoms. The average molecular weight is 413 g/mol. The van der Waals surface area contributed by atoms with Gasteiger partial charge in [-0.1, -0.05) is 60.7 Å². The first kappa shape index (κ1) is 20.7. The van der Waals surface area contributed by atoms with Gasteiger partial charge >= 0.3 is 0 Å². The summed E-state index contributed by atoms with van der Waals surface area (Å²) in [6.07, 6.45) is 0. The number of rotatable bonds is 7. The number of aromatic nitrogens is 1. The fourth-order valence-electron chi connectivity index (χ4n) is 4.23. The van der Waals surface area contributed by atoms with Gasteiger partial charge in [0.2, 0.25) is 0 Å². The molecule has 0 radical (unpaired) electrons. The van der Waals surface area contributed by atoms with Crippen molar-refractivity contribution in [3.8, 4) is 5.75 Å². The minimum absolute atomic E-state index is 0.0776. The Kier molecular flexibility index (Phi) is 6.08. The number of benzene rings is 3. The zero-order chi connectivity index (χ0) is 21.8. The van der Waals surface area contributed by atoms with Crippen LogP contribution in [0.2, 0.25) is 0 Å². The average Bonchev–Trinajstić information content (AvgIpc) is 3.10. The van der Waals surface area contributed by atoms with Gasteiger partial charge in [-0.15, -0.1) is 0 Å². The number of hydrogen-bond acceptors (Lipinski definition) is 2. The number of carbonyl (C=O) groups is 1. The van der Waals surface area contributed by atoms with Crippen molar-refractivity contribution >= 4 is 16.8 Å². The Hall–Kier alpha value is -3.53. The Morgan fingerprint density at radius 2 is 1.55 bits per heavy atom. The van der Waals surface area contributed by atoms with Gasteiger partial charge in [0.1, 0.15) is 11.4 Å². The highest BCUT2D eigenvalue weighted by molar-refractivity contribution is 6.02. The molecule has 0 spiro atoms. The lowest BCUT2D eigenvalue weighted by molar-refractivity contribution is 0.0933. The van der Waals surface area contributed by atoms with Crippen LogP contribution in [0.25, 0.3) is 10.9 Å². The van der Waals surface area contributed by atoms with Crippen LogP contribution in [0.5, 0.6) is 5.75 Å². The summed E-state index contributed by atoms with van der Waals surface area (Å²) in [5, 5.41) is 4.34. The van der Waals surface area contributed by atoms with Crippen molar-refractivity contribution in [2.45, 2.75) is 33.4 Å². The van der Waals surface area contributed by atoms with Crippen LogP contribution in [0, 0.1) is 6.92 Å². The molecule has 0 atom stereocenters. The first-order valence-electron chi connectivity index (χ1n) is 10.8. The predicted octanol–water partition coefficient (Wildman–Crippen LogP) is 5.89. The third-order valence-corrected chi connectivity index (χ3v) is 5.67. The number of aryl methyl sites for hydroxylation is 2. The van der Waals surface area contributed by atoms with E-state index in [9.17, 15) is 4.79 Å². The Bertz CT molecular complexity index is 1140. The van der Waals surface area contributed by atoms with Crippen LogP contribution in [-0.2, 0) is 6.54 Å². The molecular weight excluding hydrogens is 384 g/mol. The summed E-state index contributed by atoms with van der Waals surface area (Å²) >= 11 is 0. The molecule has 1 heterocycles. The number of fused-ring (bicyclic) bond motifs is 1. The van der Waals surface area contributed by atoms with Crippen LogP contribution in [0.1, 0.15) is 47.1 Å². The molecule has 158 valence electrons. The summed E-state index contributed by atoms with van der Waals surface area (Å²) in [6, 6.07) is 26.0. The van der Waals surface area contributed by atoms with Gasteiger partial charge in [0.05, 0.1) is 12.6 Å². The molecule has 4 nitrogen and oxygen atoms in total. The van der Waals surface area contributed by atoms with E-state index >= 15 is 0 Å². The van der Waals surface area contributed by atoms with Crippen LogP contribution in [0.15, 0.2) is 78.9 Å². The van der Waals surface area contributed by atoms with E-state index in [1.54, 1.807) is 0 Å². The summed E-state index contributed by atoms with van der Waals surface area (Å²) in [5.74, 6) is 0.746. The van der Waals surface area contributed by atoms with Crippen LogP contribution < -0.4 is 10.1 Å². The number of nitrogens with zero attached hydrogens (tertiary/aromatic N) is 1. The van der Waals surface area contributed by atoms with Crippen molar-refractivity contribution < 1.29 is 9.53 Å². The van der Waals surface area contributed by atoms with Crippen LogP contribution in [-0.4, -0.2) is 17.1 Å². The van der Waals surface area contributed by atoms with Crippen molar-refractivity contribution in [2.24, 2.45) is 0 Å². The van der Waals surface area contributed by atoms with E-state index in [1.165, 1.54) is 0 Å². The number of nitrogens with one attached hydrogen (secondary N) is 1. The number of amides is 1. The summed E-state index contributed by atoms with van der Waals surface area (Å²) < 4.78 is 7.77. The maximum absolute atomic E-state index is 13.6. The quantitative estimate of drug-likeness (QED) is 0.411. The molecule has 1 amide bonds. The summed E-state index contributed by atoms with van der Waals surface area (Å²) in [6.45, 7) is 7.38. The van der Waals surface area contributed by atoms with E-state index < -0.39 is 0 Å². The lowest BCUT2D eigenvalue weighted by Crippen LogP contribution is -2.31. The molecule has 0 unspecified atom stereocenters. The molecule has 1 aromatic heterocycles. The second-order valence-corrected chi connectivity index (χ2v) is 7.56. The molecule has 3 aromatic carbocycles. The minimum atomic E-state index is -0.225. The Morgan fingerprint density at radius 1 is 0.935 bits per heavy atom. The van der Waals surface area contributed by atoms with Crippen molar-refractivity contribution in [2.75, 3.05) is 6.61 Å². The molecule has 4 aromatic rings. The van der Waals surface area contributed by atoms with Crippen molar-refractivity contribution in [3.63, 3.8) is 0 Å². The van der Waals surface area contributed by atoms with Crippen molar-refractivity contribution in [1.29, 1.82) is 0 Å². The van der Waals surface area contributed by atoms with Crippen LogP contribution in [0.4, 0.5) is 0 Å². The van der Waals surface area contributed by atoms with Gasteiger partial charge in [0, 0.05) is 17.4 Å². The maximum atomic E-state index is 13.6. The zero-order valence-corrected chi connectivity index (χ0v) is 18.3. The maximum Gasteiger partial charge on any atom is 0.268 e. The highest BCUT2D eigenvalue weighted by atomic mass is 16.5. The number of ether oxygens (including phenoxy) is 1. The second kappa shape index (κ2) is 9.09. The third kappa shape index (κ3) is 4.06. The van der Waals surface area contributed by atoms with E-state index in [1.807, 2.05) is 68.4 Å². The van der Waals surface area contributed by atoms with Crippen molar-refractivity contribution in [1.82, 2.24) is 9.88 Å². The fraction of sp³-hybridized carbons (Fsp3) is 0.222. The fourth-order valence-corrected chi connectivity index (χ4v) is 4.23. The van der Waals surface area contributed by atoms with Gasteiger partial charge in [-0.2, -0.15) is 0 Å². The lowest BCUT2D eigenvalue weighted by atomic mass is 9.98. The summed E-state index contributed by atoms with van der Waals surface area (Å²) in [4.78, 5) is 13.6. The molecule has 0 aliphatic rings. The molecule has 4 rings (SSSR count). The molecule has 0 saturated heterocycles. The topological polar surface area (TPSA) is 43.3 Å². The van der Waals surface area contributed by atoms with Gasteiger partial charge in [0.25, 0.3) is 5.91 Å². The summed E-state index contributed by atoms with van der Waals surface area (Å²) in [7, 11) is 0. The Labute approximate surface area is 183 Å². The first-order chi connectivity index (χ1) is 15.1. The van der Waals surface area contributed by atoms with E-state index in [4.69, 9.17) is 4.74 Å². The lowest BCUT2D eigenvalue weighted by Gasteiger charge is -2.21. The minimum Gasteiger partial charge on any atom is -0.494 e. The Balaban J connectivity index is 1.76. The normalized spacial score (nSPS) is 11.1. The van der Waals surface area contributed by atoms with Gasteiger partial charge < -0.3 is 14.6 Å². The Morgan fingerprint density at radius 3 is 2.10 bits per heavy atom. The molecule has 31 heavy (non-hydrogen) atoms. The standard InChI is InChI=1S/C27H28N2O2/c1-4-29-24-17-16-22(31-5-2)18-23(24)19(3)26(29)27(30)28-25(20-12-8-6-9-13-20)21-14-10-7-11-15-21/h6-18,25H,4-5H2,1-3H3,(H,28,30). The van der Waals surface area contributed by atoms with E-state index in [-0.39, 0.29) is 11.9 Å². The second-order valence-electron chi connectivity index (χ2n) is 7.56. The molecule has 0 fully saturated rings. The first-order valence-corrected chi connectivity index (χ1v) is 10.8. The van der Waals surface area contributed by atoms with Crippen molar-refractivity contribution in [3.05, 3.63) is 101 Å². The van der Waals surface area contributed by atoms with E-state index in [0.717, 1.165) is 33.3 Å². The van der Waals surface area contributed by atoms with E-state index in [0.29, 0.717) is 18.8 Å². The molecule has 0 aliphatic carbocycles. The molecule has 0 aliphatic heterocycles. The highest BCUT2D eigenvalue weighted by Gasteiger charge is 2.24. The number of carbonyl (C=O) groups excluding carboxylic acids is 1. The van der Waals surface area contributed by atoms with Crippen LogP contribution >= 0.6 is 0 Å². The molecular formula is C27H28N2O2. The van der Waals surface area contributed by atoms with E-state index in [2.05, 4.69) is 41.1 Å². The van der Waals surface area contributed by atoms with Gasteiger partial charge in [0.15, 0.2) is 0 Å².